The molecule has 6 heteroatoms. The Labute approximate surface area is 125 Å². The van der Waals surface area contributed by atoms with Gasteiger partial charge in [-0.25, -0.2) is 4.39 Å². The first kappa shape index (κ1) is 13.1. The Bertz CT molecular complexity index is 861. The van der Waals surface area contributed by atoms with Crippen LogP contribution in [0, 0.1) is 11.7 Å². The van der Waals surface area contributed by atoms with Crippen molar-refractivity contribution >= 4 is 16.9 Å². The smallest absolute Gasteiger partial charge is 0.306 e. The Balaban J connectivity index is 1.62. The maximum Gasteiger partial charge on any atom is 0.306 e. The summed E-state index contributed by atoms with van der Waals surface area (Å²) in [6, 6.07) is 4.80. The van der Waals surface area contributed by atoms with Gasteiger partial charge in [-0.05, 0) is 31.0 Å². The number of aliphatic carboxylic acids is 1. The highest BCUT2D eigenvalue weighted by Gasteiger charge is 2.36. The third-order valence-corrected chi connectivity index (χ3v) is 4.39. The van der Waals surface area contributed by atoms with E-state index >= 15 is 0 Å². The molecule has 112 valence electrons. The van der Waals surface area contributed by atoms with E-state index in [1.54, 1.807) is 12.3 Å². The van der Waals surface area contributed by atoms with E-state index in [1.807, 2.05) is 17.1 Å². The molecule has 0 amide bonds. The molecule has 0 saturated heterocycles. The van der Waals surface area contributed by atoms with Gasteiger partial charge in [-0.1, -0.05) is 0 Å². The van der Waals surface area contributed by atoms with Crippen LogP contribution in [0.25, 0.3) is 22.0 Å². The first-order valence-electron chi connectivity index (χ1n) is 7.16. The molecule has 5 nitrogen and oxygen atoms in total. The number of carboxylic acids is 1. The molecular formula is C16H14FN3O2. The van der Waals surface area contributed by atoms with E-state index in [9.17, 15) is 9.18 Å². The van der Waals surface area contributed by atoms with Crippen molar-refractivity contribution < 1.29 is 14.3 Å². The molecule has 0 atom stereocenters. The van der Waals surface area contributed by atoms with Crippen LogP contribution in [0.2, 0.25) is 0 Å². The second-order valence-corrected chi connectivity index (χ2v) is 5.76. The van der Waals surface area contributed by atoms with E-state index in [-0.39, 0.29) is 17.8 Å². The molecule has 0 radical (unpaired) electrons. The van der Waals surface area contributed by atoms with E-state index in [2.05, 4.69) is 10.1 Å². The Morgan fingerprint density at radius 1 is 1.41 bits per heavy atom. The molecule has 1 fully saturated rings. The quantitative estimate of drug-likeness (QED) is 0.780. The molecule has 2 N–H and O–H groups in total. The molecular weight excluding hydrogens is 285 g/mol. The van der Waals surface area contributed by atoms with Crippen molar-refractivity contribution in [3.63, 3.8) is 0 Å². The summed E-state index contributed by atoms with van der Waals surface area (Å²) in [5, 5.41) is 14.2. The van der Waals surface area contributed by atoms with Gasteiger partial charge in [-0.2, -0.15) is 5.10 Å². The van der Waals surface area contributed by atoms with Crippen LogP contribution < -0.4 is 0 Å². The minimum atomic E-state index is -0.734. The van der Waals surface area contributed by atoms with Gasteiger partial charge in [0.25, 0.3) is 0 Å². The number of hydrogen-bond acceptors (Lipinski definition) is 2. The number of H-pyrrole nitrogens is 1. The van der Waals surface area contributed by atoms with Crippen molar-refractivity contribution in [1.29, 1.82) is 0 Å². The number of carbonyl (C=O) groups is 1. The number of benzene rings is 1. The number of rotatable bonds is 3. The average Bonchev–Trinajstić information content (AvgIpc) is 3.02. The summed E-state index contributed by atoms with van der Waals surface area (Å²) in [5.74, 6) is -1.26. The normalized spacial score (nSPS) is 21.0. The standard InChI is InChI=1S/C16H14FN3O2/c17-11-1-2-13-14(7-18-15(13)5-11)10-6-19-20(8-10)12-3-9(4-12)16(21)22/h1-2,5-9,12,18H,3-4H2,(H,21,22)/t9-,12+. The van der Waals surface area contributed by atoms with Crippen molar-refractivity contribution in [2.75, 3.05) is 0 Å². The van der Waals surface area contributed by atoms with Crippen LogP contribution in [0.15, 0.2) is 36.8 Å². The molecule has 0 spiro atoms. The molecule has 4 rings (SSSR count). The number of hydrogen-bond donors (Lipinski definition) is 2. The molecule has 2 heterocycles. The van der Waals surface area contributed by atoms with Crippen LogP contribution in [0.5, 0.6) is 0 Å². The zero-order valence-corrected chi connectivity index (χ0v) is 11.7. The fourth-order valence-electron chi connectivity index (χ4n) is 3.02. The molecule has 3 aromatic rings. The summed E-state index contributed by atoms with van der Waals surface area (Å²) >= 11 is 0. The van der Waals surface area contributed by atoms with Crippen LogP contribution in [0.1, 0.15) is 18.9 Å². The number of halogens is 1. The fourth-order valence-corrected chi connectivity index (χ4v) is 3.02. The van der Waals surface area contributed by atoms with Crippen LogP contribution in [-0.4, -0.2) is 25.8 Å². The van der Waals surface area contributed by atoms with E-state index in [0.29, 0.717) is 12.8 Å². The van der Waals surface area contributed by atoms with Crippen LogP contribution in [0.3, 0.4) is 0 Å². The Kier molecular flexibility index (Phi) is 2.79. The average molecular weight is 299 g/mol. The maximum atomic E-state index is 13.2. The molecule has 2 aromatic heterocycles. The summed E-state index contributed by atoms with van der Waals surface area (Å²) < 4.78 is 15.1. The number of carboxylic acid groups (broad SMARTS) is 1. The predicted octanol–water partition coefficient (Wildman–Crippen LogP) is 3.21. The largest absolute Gasteiger partial charge is 0.481 e. The number of aromatic nitrogens is 3. The molecule has 0 aliphatic heterocycles. The second kappa shape index (κ2) is 4.69. The lowest BCUT2D eigenvalue weighted by Gasteiger charge is -2.32. The van der Waals surface area contributed by atoms with Crippen LogP contribution >= 0.6 is 0 Å². The fraction of sp³-hybridized carbons (Fsp3) is 0.250. The molecule has 22 heavy (non-hydrogen) atoms. The van der Waals surface area contributed by atoms with E-state index in [1.165, 1.54) is 12.1 Å². The molecule has 1 saturated carbocycles. The van der Waals surface area contributed by atoms with Gasteiger partial charge in [0.15, 0.2) is 0 Å². The maximum absolute atomic E-state index is 13.2. The molecule has 1 aromatic carbocycles. The van der Waals surface area contributed by atoms with Gasteiger partial charge in [0, 0.05) is 34.4 Å². The first-order valence-corrected chi connectivity index (χ1v) is 7.16. The first-order chi connectivity index (χ1) is 10.6. The van der Waals surface area contributed by atoms with E-state index in [4.69, 9.17) is 5.11 Å². The zero-order chi connectivity index (χ0) is 15.3. The lowest BCUT2D eigenvalue weighted by atomic mass is 9.80. The monoisotopic (exact) mass is 299 g/mol. The summed E-state index contributed by atoms with van der Waals surface area (Å²) in [6.07, 6.45) is 6.77. The van der Waals surface area contributed by atoms with Crippen molar-refractivity contribution in [3.05, 3.63) is 42.6 Å². The molecule has 0 unspecified atom stereocenters. The highest BCUT2D eigenvalue weighted by Crippen LogP contribution is 2.38. The topological polar surface area (TPSA) is 70.9 Å². The number of aromatic amines is 1. The van der Waals surface area contributed by atoms with Crippen molar-refractivity contribution in [3.8, 4) is 11.1 Å². The van der Waals surface area contributed by atoms with Gasteiger partial charge >= 0.3 is 5.97 Å². The second-order valence-electron chi connectivity index (χ2n) is 5.76. The Hall–Kier alpha value is -2.63. The highest BCUT2D eigenvalue weighted by atomic mass is 19.1. The summed E-state index contributed by atoms with van der Waals surface area (Å²) in [4.78, 5) is 13.9. The minimum Gasteiger partial charge on any atom is -0.481 e. The summed E-state index contributed by atoms with van der Waals surface area (Å²) in [6.45, 7) is 0. The van der Waals surface area contributed by atoms with Gasteiger partial charge in [0.2, 0.25) is 0 Å². The molecule has 0 bridgehead atoms. The predicted molar refractivity (Wildman–Crippen MR) is 78.9 cm³/mol. The van der Waals surface area contributed by atoms with Gasteiger partial charge in [-0.3, -0.25) is 9.48 Å². The van der Waals surface area contributed by atoms with Crippen LogP contribution in [0.4, 0.5) is 4.39 Å². The van der Waals surface area contributed by atoms with E-state index in [0.717, 1.165) is 22.0 Å². The van der Waals surface area contributed by atoms with Crippen molar-refractivity contribution in [2.45, 2.75) is 18.9 Å². The van der Waals surface area contributed by atoms with Crippen molar-refractivity contribution in [1.82, 2.24) is 14.8 Å². The third kappa shape index (κ3) is 1.99. The number of nitrogens with one attached hydrogen (secondary N) is 1. The Morgan fingerprint density at radius 2 is 2.23 bits per heavy atom. The van der Waals surface area contributed by atoms with Gasteiger partial charge in [-0.15, -0.1) is 0 Å². The lowest BCUT2D eigenvalue weighted by molar-refractivity contribution is -0.146. The zero-order valence-electron chi connectivity index (χ0n) is 11.7. The van der Waals surface area contributed by atoms with Crippen LogP contribution in [-0.2, 0) is 4.79 Å². The Morgan fingerprint density at radius 3 is 3.00 bits per heavy atom. The number of fused-ring (bicyclic) bond motifs is 1. The van der Waals surface area contributed by atoms with Gasteiger partial charge in [0.1, 0.15) is 5.82 Å². The molecule has 1 aliphatic rings. The number of nitrogens with zero attached hydrogens (tertiary/aromatic N) is 2. The minimum absolute atomic E-state index is 0.150. The SMILES string of the molecule is O=C(O)[C@H]1C[C@@H](n2cc(-c3c[nH]c4cc(F)ccc34)cn2)C1. The van der Waals surface area contributed by atoms with Gasteiger partial charge < -0.3 is 10.1 Å². The summed E-state index contributed by atoms with van der Waals surface area (Å²) in [7, 11) is 0. The summed E-state index contributed by atoms with van der Waals surface area (Å²) in [5.41, 5.74) is 2.66. The third-order valence-electron chi connectivity index (χ3n) is 4.39. The lowest BCUT2D eigenvalue weighted by Crippen LogP contribution is -2.32. The highest BCUT2D eigenvalue weighted by molar-refractivity contribution is 5.95. The van der Waals surface area contributed by atoms with Crippen molar-refractivity contribution in [2.24, 2.45) is 5.92 Å². The molecule has 1 aliphatic carbocycles. The van der Waals surface area contributed by atoms with E-state index < -0.39 is 5.97 Å². The van der Waals surface area contributed by atoms with Gasteiger partial charge in [0.05, 0.1) is 18.2 Å².